The lowest BCUT2D eigenvalue weighted by Gasteiger charge is -2.35. The first-order valence-corrected chi connectivity index (χ1v) is 12.1. The molecule has 1 saturated heterocycles. The molecule has 7 nitrogen and oxygen atoms in total. The Balaban J connectivity index is 1.41. The van der Waals surface area contributed by atoms with E-state index in [1.807, 2.05) is 11.0 Å². The molecular formula is C25H22FN3O4S. The molecule has 4 rings (SSSR count). The molecule has 0 spiro atoms. The van der Waals surface area contributed by atoms with E-state index >= 15 is 0 Å². The molecule has 1 aliphatic heterocycles. The van der Waals surface area contributed by atoms with Crippen LogP contribution in [0.25, 0.3) is 0 Å². The molecule has 0 bridgehead atoms. The first-order chi connectivity index (χ1) is 16.4. The fourth-order valence-corrected chi connectivity index (χ4v) is 5.20. The molecule has 3 aromatic rings. The van der Waals surface area contributed by atoms with Crippen LogP contribution in [0, 0.1) is 17.1 Å². The van der Waals surface area contributed by atoms with E-state index in [1.54, 1.807) is 36.4 Å². The average Bonchev–Trinajstić information content (AvgIpc) is 2.88. The third-order valence-electron chi connectivity index (χ3n) is 5.56. The van der Waals surface area contributed by atoms with Crippen LogP contribution in [0.4, 0.5) is 10.1 Å². The fraction of sp³-hybridized carbons (Fsp3) is 0.200. The Morgan fingerprint density at radius 1 is 0.971 bits per heavy atom. The van der Waals surface area contributed by atoms with Gasteiger partial charge in [0.25, 0.3) is 0 Å². The zero-order chi connectivity index (χ0) is 24.1. The normalized spacial score (nSPS) is 14.4. The molecule has 0 amide bonds. The molecule has 0 radical (unpaired) electrons. The molecule has 34 heavy (non-hydrogen) atoms. The molecule has 1 aliphatic rings. The minimum Gasteiger partial charge on any atom is -0.457 e. The standard InChI is InChI=1S/C25H22FN3O4S/c26-22-7-9-23(10-8-22)28-11-13-29(14-12-28)34(31,32)24-6-2-5-21(16-24)25(30)33-18-20-4-1-3-19(15-20)17-27/h1-10,15-16H,11-14,18H2. The highest BCUT2D eigenvalue weighted by Crippen LogP contribution is 2.22. The summed E-state index contributed by atoms with van der Waals surface area (Å²) >= 11 is 0. The fourth-order valence-electron chi connectivity index (χ4n) is 3.73. The summed E-state index contributed by atoms with van der Waals surface area (Å²) in [6.45, 7) is 1.44. The number of anilines is 1. The Bertz CT molecular complexity index is 1330. The summed E-state index contributed by atoms with van der Waals surface area (Å²) in [5.41, 5.74) is 2.09. The summed E-state index contributed by atoms with van der Waals surface area (Å²) in [6, 6.07) is 20.6. The SMILES string of the molecule is N#Cc1cccc(COC(=O)c2cccc(S(=O)(=O)N3CCN(c4ccc(F)cc4)CC3)c2)c1. The molecule has 1 fully saturated rings. The van der Waals surface area contributed by atoms with Crippen LogP contribution in [0.15, 0.2) is 77.7 Å². The van der Waals surface area contributed by atoms with Crippen molar-refractivity contribution in [1.29, 1.82) is 5.26 Å². The highest BCUT2D eigenvalue weighted by Gasteiger charge is 2.29. The van der Waals surface area contributed by atoms with Crippen molar-refractivity contribution < 1.29 is 22.3 Å². The summed E-state index contributed by atoms with van der Waals surface area (Å²) < 4.78 is 46.2. The van der Waals surface area contributed by atoms with Gasteiger partial charge in [-0.1, -0.05) is 18.2 Å². The zero-order valence-electron chi connectivity index (χ0n) is 18.2. The second kappa shape index (κ2) is 10.0. The van der Waals surface area contributed by atoms with E-state index in [4.69, 9.17) is 10.00 Å². The molecular weight excluding hydrogens is 457 g/mol. The maximum absolute atomic E-state index is 13.2. The van der Waals surface area contributed by atoms with Crippen molar-refractivity contribution in [3.05, 3.63) is 95.3 Å². The van der Waals surface area contributed by atoms with Crippen LogP contribution < -0.4 is 4.90 Å². The summed E-state index contributed by atoms with van der Waals surface area (Å²) in [4.78, 5) is 14.5. The number of rotatable bonds is 6. The second-order valence-corrected chi connectivity index (χ2v) is 9.72. The topological polar surface area (TPSA) is 90.7 Å². The molecule has 0 saturated carbocycles. The number of ether oxygens (including phenoxy) is 1. The number of esters is 1. The van der Waals surface area contributed by atoms with Crippen LogP contribution >= 0.6 is 0 Å². The molecule has 3 aromatic carbocycles. The van der Waals surface area contributed by atoms with Gasteiger partial charge in [0.05, 0.1) is 22.1 Å². The lowest BCUT2D eigenvalue weighted by atomic mass is 10.1. The molecule has 1 heterocycles. The van der Waals surface area contributed by atoms with Gasteiger partial charge < -0.3 is 9.64 Å². The number of hydrogen-bond acceptors (Lipinski definition) is 6. The lowest BCUT2D eigenvalue weighted by Crippen LogP contribution is -2.48. The van der Waals surface area contributed by atoms with E-state index in [0.29, 0.717) is 24.2 Å². The highest BCUT2D eigenvalue weighted by atomic mass is 32.2. The second-order valence-electron chi connectivity index (χ2n) is 7.78. The van der Waals surface area contributed by atoms with Gasteiger partial charge in [-0.15, -0.1) is 0 Å². The van der Waals surface area contributed by atoms with Crippen LogP contribution in [0.3, 0.4) is 0 Å². The Labute approximate surface area is 197 Å². The van der Waals surface area contributed by atoms with E-state index < -0.39 is 16.0 Å². The van der Waals surface area contributed by atoms with Crippen molar-refractivity contribution >= 4 is 21.7 Å². The number of carbonyl (C=O) groups is 1. The Morgan fingerprint density at radius 2 is 1.68 bits per heavy atom. The minimum absolute atomic E-state index is 0.0173. The van der Waals surface area contributed by atoms with Crippen molar-refractivity contribution in [2.45, 2.75) is 11.5 Å². The van der Waals surface area contributed by atoms with Gasteiger partial charge >= 0.3 is 5.97 Å². The van der Waals surface area contributed by atoms with Crippen LogP contribution in [0.2, 0.25) is 0 Å². The Morgan fingerprint density at radius 3 is 2.38 bits per heavy atom. The third kappa shape index (κ3) is 5.25. The number of carbonyl (C=O) groups excluding carboxylic acids is 1. The molecule has 174 valence electrons. The van der Waals surface area contributed by atoms with Gasteiger partial charge in [0.2, 0.25) is 10.0 Å². The van der Waals surface area contributed by atoms with E-state index in [9.17, 15) is 17.6 Å². The number of sulfonamides is 1. The molecule has 0 unspecified atom stereocenters. The molecule has 0 aliphatic carbocycles. The van der Waals surface area contributed by atoms with Gasteiger partial charge in [0, 0.05) is 31.9 Å². The van der Waals surface area contributed by atoms with Crippen LogP contribution in [0.1, 0.15) is 21.5 Å². The summed E-state index contributed by atoms with van der Waals surface area (Å²) in [6.07, 6.45) is 0. The minimum atomic E-state index is -3.80. The van der Waals surface area contributed by atoms with Crippen molar-refractivity contribution in [3.63, 3.8) is 0 Å². The van der Waals surface area contributed by atoms with Gasteiger partial charge in [0.1, 0.15) is 12.4 Å². The summed E-state index contributed by atoms with van der Waals surface area (Å²) in [5, 5.41) is 8.98. The van der Waals surface area contributed by atoms with E-state index in [-0.39, 0.29) is 36.0 Å². The van der Waals surface area contributed by atoms with Gasteiger partial charge in [-0.3, -0.25) is 0 Å². The van der Waals surface area contributed by atoms with Gasteiger partial charge in [0.15, 0.2) is 0 Å². The number of nitriles is 1. The molecule has 0 N–H and O–H groups in total. The highest BCUT2D eigenvalue weighted by molar-refractivity contribution is 7.89. The van der Waals surface area contributed by atoms with E-state index in [2.05, 4.69) is 0 Å². The van der Waals surface area contributed by atoms with Crippen LogP contribution in [0.5, 0.6) is 0 Å². The largest absolute Gasteiger partial charge is 0.457 e. The number of nitrogens with zero attached hydrogens (tertiary/aromatic N) is 3. The third-order valence-corrected chi connectivity index (χ3v) is 7.46. The maximum atomic E-state index is 13.2. The first kappa shape index (κ1) is 23.4. The van der Waals surface area contributed by atoms with Gasteiger partial charge in [-0.25, -0.2) is 17.6 Å². The number of hydrogen-bond donors (Lipinski definition) is 0. The number of piperazine rings is 1. The summed E-state index contributed by atoms with van der Waals surface area (Å²) in [5.74, 6) is -0.973. The van der Waals surface area contributed by atoms with Crippen molar-refractivity contribution in [1.82, 2.24) is 4.31 Å². The van der Waals surface area contributed by atoms with Crippen molar-refractivity contribution in [2.75, 3.05) is 31.1 Å². The lowest BCUT2D eigenvalue weighted by molar-refractivity contribution is 0.0472. The van der Waals surface area contributed by atoms with Crippen molar-refractivity contribution in [3.8, 4) is 6.07 Å². The van der Waals surface area contributed by atoms with Crippen LogP contribution in [-0.2, 0) is 21.4 Å². The van der Waals surface area contributed by atoms with E-state index in [0.717, 1.165) is 5.69 Å². The predicted molar refractivity (Wildman–Crippen MR) is 124 cm³/mol. The van der Waals surface area contributed by atoms with E-state index in [1.165, 1.54) is 40.7 Å². The summed E-state index contributed by atoms with van der Waals surface area (Å²) in [7, 11) is -3.80. The van der Waals surface area contributed by atoms with Crippen LogP contribution in [-0.4, -0.2) is 44.9 Å². The Kier molecular flexibility index (Phi) is 6.91. The molecule has 9 heteroatoms. The molecule has 0 atom stereocenters. The quantitative estimate of drug-likeness (QED) is 0.502. The Hall–Kier alpha value is -3.74. The smallest absolute Gasteiger partial charge is 0.338 e. The predicted octanol–water partition coefficient (Wildman–Crippen LogP) is 3.57. The average molecular weight is 480 g/mol. The monoisotopic (exact) mass is 479 g/mol. The molecule has 0 aromatic heterocycles. The number of benzene rings is 3. The zero-order valence-corrected chi connectivity index (χ0v) is 19.0. The first-order valence-electron chi connectivity index (χ1n) is 10.6. The maximum Gasteiger partial charge on any atom is 0.338 e. The van der Waals surface area contributed by atoms with Gasteiger partial charge in [-0.05, 0) is 60.2 Å². The number of halogens is 1. The van der Waals surface area contributed by atoms with Crippen molar-refractivity contribution in [2.24, 2.45) is 0 Å². The van der Waals surface area contributed by atoms with Gasteiger partial charge in [-0.2, -0.15) is 9.57 Å².